The van der Waals surface area contributed by atoms with Crippen LogP contribution in [0.5, 0.6) is 5.75 Å². The average molecular weight is 303 g/mol. The summed E-state index contributed by atoms with van der Waals surface area (Å²) in [4.78, 5) is 30.7. The lowest BCUT2D eigenvalue weighted by molar-refractivity contribution is -0.123. The molecule has 0 saturated carbocycles. The highest BCUT2D eigenvalue weighted by Gasteiger charge is 2.43. The first-order valence-electron chi connectivity index (χ1n) is 7.53. The van der Waals surface area contributed by atoms with Gasteiger partial charge in [-0.15, -0.1) is 0 Å². The largest absolute Gasteiger partial charge is 0.497 e. The van der Waals surface area contributed by atoms with Gasteiger partial charge in [-0.05, 0) is 19.2 Å². The summed E-state index contributed by atoms with van der Waals surface area (Å²) in [6.45, 7) is 3.51. The first-order chi connectivity index (χ1) is 10.6. The van der Waals surface area contributed by atoms with Crippen molar-refractivity contribution in [3.8, 4) is 5.75 Å². The number of hydrogen-bond acceptors (Lipinski definition) is 5. The van der Waals surface area contributed by atoms with E-state index in [9.17, 15) is 9.59 Å². The molecule has 2 fully saturated rings. The van der Waals surface area contributed by atoms with Crippen LogP contribution in [0.2, 0.25) is 0 Å². The molecule has 2 saturated heterocycles. The van der Waals surface area contributed by atoms with Crippen LogP contribution in [0.4, 0.5) is 5.69 Å². The fourth-order valence-corrected chi connectivity index (χ4v) is 3.06. The third-order valence-corrected chi connectivity index (χ3v) is 4.41. The van der Waals surface area contributed by atoms with E-state index in [-0.39, 0.29) is 24.3 Å². The number of piperazine rings is 1. The van der Waals surface area contributed by atoms with Crippen LogP contribution in [0.3, 0.4) is 0 Å². The summed E-state index contributed by atoms with van der Waals surface area (Å²) in [5.41, 5.74) is 0.589. The number of benzene rings is 1. The molecule has 2 heterocycles. The number of hydrogen-bond donors (Lipinski definition) is 0. The summed E-state index contributed by atoms with van der Waals surface area (Å²) in [5.74, 6) is 0.381. The minimum absolute atomic E-state index is 0.122. The number of ether oxygens (including phenoxy) is 1. The highest BCUT2D eigenvalue weighted by Crippen LogP contribution is 2.28. The zero-order chi connectivity index (χ0) is 15.7. The number of carbonyl (C=O) groups is 2. The average Bonchev–Trinajstić information content (AvgIpc) is 2.83. The number of methoxy groups -OCH3 is 1. The molecule has 0 unspecified atom stereocenters. The normalized spacial score (nSPS) is 24.1. The Kier molecular flexibility index (Phi) is 4.13. The molecule has 0 bridgehead atoms. The number of nitrogens with zero attached hydrogens (tertiary/aromatic N) is 3. The van der Waals surface area contributed by atoms with Gasteiger partial charge in [-0.2, -0.15) is 0 Å². The second-order valence-corrected chi connectivity index (χ2v) is 5.83. The van der Waals surface area contributed by atoms with Gasteiger partial charge in [0.15, 0.2) is 0 Å². The number of likely N-dealkylation sites (N-methyl/N-ethyl adjacent to an activating group) is 1. The molecule has 6 nitrogen and oxygen atoms in total. The Morgan fingerprint density at radius 3 is 2.55 bits per heavy atom. The summed E-state index contributed by atoms with van der Waals surface area (Å²) in [7, 11) is 3.64. The van der Waals surface area contributed by atoms with E-state index in [1.807, 2.05) is 0 Å². The molecule has 0 aliphatic carbocycles. The van der Waals surface area contributed by atoms with Crippen LogP contribution >= 0.6 is 0 Å². The SMILES string of the molecule is COc1cccc(N2C(=O)C[C@@H](N3CCN(C)CC3)C2=O)c1. The van der Waals surface area contributed by atoms with Crippen molar-refractivity contribution in [1.82, 2.24) is 9.80 Å². The Hall–Kier alpha value is -1.92. The molecule has 0 aromatic heterocycles. The summed E-state index contributed by atoms with van der Waals surface area (Å²) >= 11 is 0. The Balaban J connectivity index is 1.79. The molecular formula is C16H21N3O3. The van der Waals surface area contributed by atoms with E-state index in [0.717, 1.165) is 26.2 Å². The van der Waals surface area contributed by atoms with Gasteiger partial charge in [-0.25, -0.2) is 4.90 Å². The number of anilines is 1. The van der Waals surface area contributed by atoms with Gasteiger partial charge in [0.2, 0.25) is 5.91 Å². The molecule has 1 aromatic rings. The van der Waals surface area contributed by atoms with Crippen molar-refractivity contribution < 1.29 is 14.3 Å². The van der Waals surface area contributed by atoms with E-state index in [4.69, 9.17) is 4.74 Å². The van der Waals surface area contributed by atoms with Crippen LogP contribution in [0.25, 0.3) is 0 Å². The fourth-order valence-electron chi connectivity index (χ4n) is 3.06. The zero-order valence-corrected chi connectivity index (χ0v) is 13.0. The Morgan fingerprint density at radius 2 is 1.86 bits per heavy atom. The van der Waals surface area contributed by atoms with E-state index >= 15 is 0 Å². The summed E-state index contributed by atoms with van der Waals surface area (Å²) in [6.07, 6.45) is 0.264. The predicted octanol–water partition coefficient (Wildman–Crippen LogP) is 0.574. The molecular weight excluding hydrogens is 282 g/mol. The molecule has 0 radical (unpaired) electrons. The Bertz CT molecular complexity index is 582. The highest BCUT2D eigenvalue weighted by molar-refractivity contribution is 6.22. The smallest absolute Gasteiger partial charge is 0.251 e. The molecule has 0 spiro atoms. The molecule has 0 N–H and O–H groups in total. The van der Waals surface area contributed by atoms with Crippen molar-refractivity contribution in [2.45, 2.75) is 12.5 Å². The van der Waals surface area contributed by atoms with Crippen molar-refractivity contribution in [1.29, 1.82) is 0 Å². The molecule has 1 aromatic carbocycles. The standard InChI is InChI=1S/C16H21N3O3/c1-17-6-8-18(9-7-17)14-11-15(20)19(16(14)21)12-4-3-5-13(10-12)22-2/h3-5,10,14H,6-9,11H2,1-2H3/t14-/m1/s1. The van der Waals surface area contributed by atoms with Gasteiger partial charge in [-0.3, -0.25) is 14.5 Å². The first kappa shape index (κ1) is 15.0. The van der Waals surface area contributed by atoms with Crippen molar-refractivity contribution in [3.63, 3.8) is 0 Å². The molecule has 2 aliphatic heterocycles. The van der Waals surface area contributed by atoms with Crippen molar-refractivity contribution in [3.05, 3.63) is 24.3 Å². The van der Waals surface area contributed by atoms with Crippen molar-refractivity contribution in [2.75, 3.05) is 45.2 Å². The maximum absolute atomic E-state index is 12.7. The van der Waals surface area contributed by atoms with Gasteiger partial charge in [0.1, 0.15) is 5.75 Å². The summed E-state index contributed by atoms with van der Waals surface area (Å²) < 4.78 is 5.17. The van der Waals surface area contributed by atoms with Crippen LogP contribution < -0.4 is 9.64 Å². The van der Waals surface area contributed by atoms with Crippen molar-refractivity contribution in [2.24, 2.45) is 0 Å². The maximum Gasteiger partial charge on any atom is 0.251 e. The lowest BCUT2D eigenvalue weighted by atomic mass is 10.2. The van der Waals surface area contributed by atoms with Gasteiger partial charge in [0.25, 0.3) is 5.91 Å². The van der Waals surface area contributed by atoms with Crippen LogP contribution in [0.15, 0.2) is 24.3 Å². The Morgan fingerprint density at radius 1 is 1.14 bits per heavy atom. The topological polar surface area (TPSA) is 53.1 Å². The van der Waals surface area contributed by atoms with E-state index < -0.39 is 0 Å². The van der Waals surface area contributed by atoms with Gasteiger partial charge < -0.3 is 9.64 Å². The number of rotatable bonds is 3. The molecule has 2 amide bonds. The maximum atomic E-state index is 12.7. The van der Waals surface area contributed by atoms with Crippen LogP contribution in [0, 0.1) is 0 Å². The Labute approximate surface area is 130 Å². The van der Waals surface area contributed by atoms with Gasteiger partial charge in [0.05, 0.1) is 25.3 Å². The summed E-state index contributed by atoms with van der Waals surface area (Å²) in [5, 5.41) is 0. The highest BCUT2D eigenvalue weighted by atomic mass is 16.5. The summed E-state index contributed by atoms with van der Waals surface area (Å²) in [6, 6.07) is 6.75. The lowest BCUT2D eigenvalue weighted by Gasteiger charge is -2.35. The van der Waals surface area contributed by atoms with Gasteiger partial charge in [0, 0.05) is 32.2 Å². The van der Waals surface area contributed by atoms with Crippen molar-refractivity contribution >= 4 is 17.5 Å². The minimum Gasteiger partial charge on any atom is -0.497 e. The fraction of sp³-hybridized carbons (Fsp3) is 0.500. The third-order valence-electron chi connectivity index (χ3n) is 4.41. The lowest BCUT2D eigenvalue weighted by Crippen LogP contribution is -2.51. The quantitative estimate of drug-likeness (QED) is 0.764. The predicted molar refractivity (Wildman–Crippen MR) is 83.0 cm³/mol. The monoisotopic (exact) mass is 303 g/mol. The van der Waals surface area contributed by atoms with E-state index in [1.54, 1.807) is 31.4 Å². The van der Waals surface area contributed by atoms with Crippen LogP contribution in [-0.4, -0.2) is 68.0 Å². The second kappa shape index (κ2) is 6.06. The number of carbonyl (C=O) groups excluding carboxylic acids is 2. The first-order valence-corrected chi connectivity index (χ1v) is 7.53. The zero-order valence-electron chi connectivity index (χ0n) is 13.0. The van der Waals surface area contributed by atoms with Gasteiger partial charge >= 0.3 is 0 Å². The molecule has 6 heteroatoms. The van der Waals surface area contributed by atoms with E-state index in [0.29, 0.717) is 11.4 Å². The molecule has 118 valence electrons. The minimum atomic E-state index is -0.326. The third kappa shape index (κ3) is 2.71. The molecule has 22 heavy (non-hydrogen) atoms. The molecule has 2 aliphatic rings. The van der Waals surface area contributed by atoms with Crippen LogP contribution in [-0.2, 0) is 9.59 Å². The number of imide groups is 1. The molecule has 1 atom stereocenters. The molecule has 3 rings (SSSR count). The van der Waals surface area contributed by atoms with E-state index in [2.05, 4.69) is 16.8 Å². The number of amides is 2. The van der Waals surface area contributed by atoms with Gasteiger partial charge in [-0.1, -0.05) is 6.07 Å². The van der Waals surface area contributed by atoms with E-state index in [1.165, 1.54) is 4.90 Å². The van der Waals surface area contributed by atoms with Crippen LogP contribution in [0.1, 0.15) is 6.42 Å². The second-order valence-electron chi connectivity index (χ2n) is 5.83.